The molecular formula is C15H23NO3. The zero-order chi connectivity index (χ0) is 14.1. The van der Waals surface area contributed by atoms with Crippen molar-refractivity contribution >= 4 is 11.7 Å². The summed E-state index contributed by atoms with van der Waals surface area (Å²) >= 11 is 0. The van der Waals surface area contributed by atoms with Gasteiger partial charge in [0.2, 0.25) is 0 Å². The minimum absolute atomic E-state index is 0.193. The Morgan fingerprint density at radius 1 is 1.16 bits per heavy atom. The first-order valence-electron chi connectivity index (χ1n) is 6.56. The number of ether oxygens (including phenoxy) is 2. The molecule has 0 unspecified atom stereocenters. The zero-order valence-electron chi connectivity index (χ0n) is 11.9. The Hall–Kier alpha value is -1.55. The van der Waals surface area contributed by atoms with E-state index in [-0.39, 0.29) is 11.6 Å². The van der Waals surface area contributed by atoms with Gasteiger partial charge >= 0.3 is 5.97 Å². The van der Waals surface area contributed by atoms with Gasteiger partial charge in [0.1, 0.15) is 6.61 Å². The van der Waals surface area contributed by atoms with Gasteiger partial charge in [-0.1, -0.05) is 18.2 Å². The van der Waals surface area contributed by atoms with Crippen LogP contribution in [0.25, 0.3) is 0 Å². The highest BCUT2D eigenvalue weighted by Gasteiger charge is 2.10. The van der Waals surface area contributed by atoms with Gasteiger partial charge in [-0.15, -0.1) is 0 Å². The highest BCUT2D eigenvalue weighted by Crippen LogP contribution is 2.06. The Morgan fingerprint density at radius 3 is 2.47 bits per heavy atom. The van der Waals surface area contributed by atoms with Crippen LogP contribution in [-0.2, 0) is 14.3 Å². The van der Waals surface area contributed by atoms with E-state index in [2.05, 4.69) is 5.32 Å². The van der Waals surface area contributed by atoms with Crippen molar-refractivity contribution in [3.63, 3.8) is 0 Å². The number of anilines is 1. The molecule has 1 N–H and O–H groups in total. The largest absolute Gasteiger partial charge is 0.463 e. The lowest BCUT2D eigenvalue weighted by molar-refractivity contribution is -0.146. The topological polar surface area (TPSA) is 47.6 Å². The summed E-state index contributed by atoms with van der Waals surface area (Å²) in [5, 5.41) is 3.16. The number of para-hydroxylation sites is 1. The van der Waals surface area contributed by atoms with Gasteiger partial charge in [-0.2, -0.15) is 0 Å². The number of nitrogens with one attached hydrogen (secondary N) is 1. The minimum Gasteiger partial charge on any atom is -0.463 e. The van der Waals surface area contributed by atoms with E-state index in [1.165, 1.54) is 0 Å². The Bertz CT molecular complexity index is 371. The molecule has 0 aliphatic heterocycles. The molecular weight excluding hydrogens is 242 g/mol. The predicted molar refractivity (Wildman–Crippen MR) is 76.2 cm³/mol. The monoisotopic (exact) mass is 265 g/mol. The van der Waals surface area contributed by atoms with Crippen LogP contribution < -0.4 is 5.32 Å². The molecule has 0 amide bonds. The molecule has 0 spiro atoms. The molecule has 1 aromatic carbocycles. The number of hydrogen-bond acceptors (Lipinski definition) is 4. The summed E-state index contributed by atoms with van der Waals surface area (Å²) in [6.07, 6.45) is 0.352. The fourth-order valence-electron chi connectivity index (χ4n) is 1.44. The molecule has 1 aromatic rings. The number of hydrogen-bond donors (Lipinski definition) is 1. The molecule has 106 valence electrons. The summed E-state index contributed by atoms with van der Waals surface area (Å²) in [7, 11) is 0. The average molecular weight is 265 g/mol. The third-order valence-corrected chi connectivity index (χ3v) is 2.31. The first-order valence-corrected chi connectivity index (χ1v) is 6.56. The molecule has 0 fully saturated rings. The maximum absolute atomic E-state index is 11.4. The molecule has 19 heavy (non-hydrogen) atoms. The fourth-order valence-corrected chi connectivity index (χ4v) is 1.44. The van der Waals surface area contributed by atoms with Gasteiger partial charge in [-0.25, -0.2) is 0 Å². The molecule has 0 aromatic heterocycles. The van der Waals surface area contributed by atoms with E-state index >= 15 is 0 Å². The average Bonchev–Trinajstić information content (AvgIpc) is 2.35. The van der Waals surface area contributed by atoms with Crippen LogP contribution in [0.4, 0.5) is 5.69 Å². The molecule has 4 nitrogen and oxygen atoms in total. The van der Waals surface area contributed by atoms with Crippen LogP contribution in [0, 0.1) is 0 Å². The SMILES string of the molecule is CC(C)(C)OCCOC(=O)CCNc1ccccc1. The van der Waals surface area contributed by atoms with Crippen molar-refractivity contribution in [1.82, 2.24) is 0 Å². The number of rotatable bonds is 7. The summed E-state index contributed by atoms with van der Waals surface area (Å²) in [4.78, 5) is 11.4. The molecule has 4 heteroatoms. The van der Waals surface area contributed by atoms with Crippen molar-refractivity contribution in [3.05, 3.63) is 30.3 Å². The zero-order valence-corrected chi connectivity index (χ0v) is 11.9. The first kappa shape index (κ1) is 15.5. The quantitative estimate of drug-likeness (QED) is 0.608. The van der Waals surface area contributed by atoms with E-state index in [4.69, 9.17) is 9.47 Å². The van der Waals surface area contributed by atoms with Gasteiger partial charge in [0.05, 0.1) is 18.6 Å². The Labute approximate surface area is 115 Å². The molecule has 0 saturated carbocycles. The maximum atomic E-state index is 11.4. The Balaban J connectivity index is 2.05. The second kappa shape index (κ2) is 7.79. The molecule has 1 rings (SSSR count). The van der Waals surface area contributed by atoms with Crippen molar-refractivity contribution in [2.24, 2.45) is 0 Å². The lowest BCUT2D eigenvalue weighted by Gasteiger charge is -2.19. The molecule has 0 heterocycles. The smallest absolute Gasteiger partial charge is 0.307 e. The van der Waals surface area contributed by atoms with Crippen molar-refractivity contribution in [2.75, 3.05) is 25.1 Å². The van der Waals surface area contributed by atoms with Crippen LogP contribution in [-0.4, -0.2) is 31.3 Å². The first-order chi connectivity index (χ1) is 8.97. The molecule has 0 aliphatic carbocycles. The Kier molecular flexibility index (Phi) is 6.36. The van der Waals surface area contributed by atoms with Crippen molar-refractivity contribution in [1.29, 1.82) is 0 Å². The number of esters is 1. The second-order valence-electron chi connectivity index (χ2n) is 5.22. The van der Waals surface area contributed by atoms with Crippen molar-refractivity contribution in [3.8, 4) is 0 Å². The third-order valence-electron chi connectivity index (χ3n) is 2.31. The van der Waals surface area contributed by atoms with Gasteiger partial charge in [0.25, 0.3) is 0 Å². The summed E-state index contributed by atoms with van der Waals surface area (Å²) < 4.78 is 10.5. The normalized spacial score (nSPS) is 11.1. The fraction of sp³-hybridized carbons (Fsp3) is 0.533. The van der Waals surface area contributed by atoms with Crippen LogP contribution in [0.5, 0.6) is 0 Å². The molecule has 0 radical (unpaired) electrons. The van der Waals surface area contributed by atoms with Crippen LogP contribution in [0.1, 0.15) is 27.2 Å². The lowest BCUT2D eigenvalue weighted by atomic mass is 10.2. The molecule has 0 saturated heterocycles. The third kappa shape index (κ3) is 8.21. The standard InChI is InChI=1S/C15H23NO3/c1-15(2,3)19-12-11-18-14(17)9-10-16-13-7-5-4-6-8-13/h4-8,16H,9-12H2,1-3H3. The van der Waals surface area contributed by atoms with E-state index < -0.39 is 0 Å². The van der Waals surface area contributed by atoms with E-state index in [1.807, 2.05) is 51.1 Å². The Morgan fingerprint density at radius 2 is 1.84 bits per heavy atom. The predicted octanol–water partition coefficient (Wildman–Crippen LogP) is 2.85. The number of carbonyl (C=O) groups excluding carboxylic acids is 1. The van der Waals surface area contributed by atoms with E-state index in [0.717, 1.165) is 5.69 Å². The number of carbonyl (C=O) groups is 1. The highest BCUT2D eigenvalue weighted by molar-refractivity contribution is 5.70. The number of benzene rings is 1. The van der Waals surface area contributed by atoms with E-state index in [1.54, 1.807) is 0 Å². The van der Waals surface area contributed by atoms with Crippen molar-refractivity contribution in [2.45, 2.75) is 32.8 Å². The second-order valence-corrected chi connectivity index (χ2v) is 5.22. The lowest BCUT2D eigenvalue weighted by Crippen LogP contribution is -2.23. The van der Waals surface area contributed by atoms with Crippen molar-refractivity contribution < 1.29 is 14.3 Å². The highest BCUT2D eigenvalue weighted by atomic mass is 16.6. The molecule has 0 aliphatic rings. The van der Waals surface area contributed by atoms with E-state index in [0.29, 0.717) is 26.2 Å². The summed E-state index contributed by atoms with van der Waals surface area (Å²) in [5.74, 6) is -0.207. The molecule has 0 bridgehead atoms. The van der Waals surface area contributed by atoms with Gasteiger partial charge < -0.3 is 14.8 Å². The summed E-state index contributed by atoms with van der Waals surface area (Å²) in [6.45, 7) is 7.22. The summed E-state index contributed by atoms with van der Waals surface area (Å²) in [6, 6.07) is 9.77. The van der Waals surface area contributed by atoms with Gasteiger partial charge in [-0.05, 0) is 32.9 Å². The van der Waals surface area contributed by atoms with Crippen LogP contribution >= 0.6 is 0 Å². The molecule has 0 atom stereocenters. The minimum atomic E-state index is -0.207. The van der Waals surface area contributed by atoms with Crippen LogP contribution in [0.15, 0.2) is 30.3 Å². The van der Waals surface area contributed by atoms with Crippen LogP contribution in [0.2, 0.25) is 0 Å². The summed E-state index contributed by atoms with van der Waals surface area (Å²) in [5.41, 5.74) is 0.813. The van der Waals surface area contributed by atoms with Gasteiger partial charge in [0, 0.05) is 12.2 Å². The maximum Gasteiger partial charge on any atom is 0.307 e. The van der Waals surface area contributed by atoms with Gasteiger partial charge in [-0.3, -0.25) is 4.79 Å². The van der Waals surface area contributed by atoms with Gasteiger partial charge in [0.15, 0.2) is 0 Å². The van der Waals surface area contributed by atoms with E-state index in [9.17, 15) is 4.79 Å². The van der Waals surface area contributed by atoms with Crippen LogP contribution in [0.3, 0.4) is 0 Å².